The molecule has 0 aromatic carbocycles. The Bertz CT molecular complexity index is 485. The van der Waals surface area contributed by atoms with E-state index in [2.05, 4.69) is 16.0 Å². The molecule has 2 fully saturated rings. The van der Waals surface area contributed by atoms with Crippen molar-refractivity contribution in [3.05, 3.63) is 0 Å². The van der Waals surface area contributed by atoms with E-state index in [0.717, 1.165) is 0 Å². The lowest BCUT2D eigenvalue weighted by Crippen LogP contribution is -2.70. The monoisotopic (exact) mass is 396 g/mol. The summed E-state index contributed by atoms with van der Waals surface area (Å²) in [4.78, 5) is 25.4. The van der Waals surface area contributed by atoms with Gasteiger partial charge in [0.25, 0.3) is 0 Å². The number of ether oxygens (including phenoxy) is 2. The van der Waals surface area contributed by atoms with E-state index < -0.39 is 30.4 Å². The molecule has 2 saturated heterocycles. The first kappa shape index (κ1) is 23.0. The van der Waals surface area contributed by atoms with Crippen LogP contribution in [0.4, 0.5) is 0 Å². The highest BCUT2D eigenvalue weighted by atomic mass is 35.5. The average molecular weight is 397 g/mol. The zero-order chi connectivity index (χ0) is 18.6. The van der Waals surface area contributed by atoms with E-state index in [1.165, 1.54) is 0 Å². The highest BCUT2D eigenvalue weighted by Gasteiger charge is 2.43. The molecule has 0 aromatic heterocycles. The number of nitrogens with one attached hydrogen (secondary N) is 3. The van der Waals surface area contributed by atoms with Gasteiger partial charge in [-0.3, -0.25) is 30.9 Å². The number of fused-ring (bicyclic) bond motifs is 1. The molecule has 2 aliphatic heterocycles. The number of esters is 1. The van der Waals surface area contributed by atoms with Crippen LogP contribution in [0.5, 0.6) is 0 Å². The highest BCUT2D eigenvalue weighted by molar-refractivity contribution is 5.85. The number of aliphatic hydroxyl groups is 1. The van der Waals surface area contributed by atoms with E-state index in [1.54, 1.807) is 0 Å². The summed E-state index contributed by atoms with van der Waals surface area (Å²) in [6.45, 7) is 3.77. The number of nitrogens with zero attached hydrogens (tertiary/aromatic N) is 1. The first-order chi connectivity index (χ1) is 11.8. The van der Waals surface area contributed by atoms with Crippen LogP contribution in [0.3, 0.4) is 0 Å². The third-order valence-corrected chi connectivity index (χ3v) is 4.24. The van der Waals surface area contributed by atoms with Crippen LogP contribution in [0.25, 0.3) is 0 Å². The molecule has 1 amide bonds. The zero-order valence-corrected chi connectivity index (χ0v) is 15.7. The molecule has 2 heterocycles. The second-order valence-corrected chi connectivity index (χ2v) is 6.53. The number of carbonyl (C=O) groups is 2. The van der Waals surface area contributed by atoms with Crippen molar-refractivity contribution < 1.29 is 24.2 Å². The molecular weight excluding hydrogens is 368 g/mol. The van der Waals surface area contributed by atoms with E-state index in [9.17, 15) is 14.7 Å². The molecule has 5 atom stereocenters. The number of carbonyl (C=O) groups excluding carboxylic acids is 2. The van der Waals surface area contributed by atoms with Gasteiger partial charge < -0.3 is 25.6 Å². The average Bonchev–Trinajstić information content (AvgIpc) is 2.97. The van der Waals surface area contributed by atoms with Crippen molar-refractivity contribution in [3.63, 3.8) is 0 Å². The molecule has 26 heavy (non-hydrogen) atoms. The van der Waals surface area contributed by atoms with Gasteiger partial charge in [-0.1, -0.05) is 13.8 Å². The maximum atomic E-state index is 11.9. The van der Waals surface area contributed by atoms with Crippen LogP contribution in [-0.4, -0.2) is 79.1 Å². The Kier molecular flexibility index (Phi) is 9.13. The van der Waals surface area contributed by atoms with Gasteiger partial charge in [-0.2, -0.15) is 0 Å². The number of nitrogens with two attached hydrogens (primary N) is 2. The molecule has 12 heteroatoms. The number of halogens is 1. The summed E-state index contributed by atoms with van der Waals surface area (Å²) >= 11 is 0. The van der Waals surface area contributed by atoms with E-state index in [-0.39, 0.29) is 50.3 Å². The summed E-state index contributed by atoms with van der Waals surface area (Å²) in [5.74, 6) is -0.757. The number of aliphatic hydroxyl groups excluding tert-OH is 1. The Balaban J connectivity index is 0.00000338. The molecule has 0 spiro atoms. The fraction of sp³-hybridized carbons (Fsp3) is 0.857. The van der Waals surface area contributed by atoms with Crippen LogP contribution in [-0.2, 0) is 19.1 Å². The number of rotatable bonds is 8. The minimum Gasteiger partial charge on any atom is -0.462 e. The quantitative estimate of drug-likeness (QED) is 0.230. The first-order valence-corrected chi connectivity index (χ1v) is 8.27. The summed E-state index contributed by atoms with van der Waals surface area (Å²) in [6.07, 6.45) is -1.64. The predicted octanol–water partition coefficient (Wildman–Crippen LogP) is -3.21. The first-order valence-electron chi connectivity index (χ1n) is 8.27. The van der Waals surface area contributed by atoms with Crippen molar-refractivity contribution in [2.45, 2.75) is 44.5 Å². The van der Waals surface area contributed by atoms with Crippen molar-refractivity contribution in [1.82, 2.24) is 20.9 Å². The minimum absolute atomic E-state index is 0. The molecule has 11 nitrogen and oxygen atoms in total. The van der Waals surface area contributed by atoms with Gasteiger partial charge in [-0.15, -0.1) is 12.4 Å². The third kappa shape index (κ3) is 5.72. The molecule has 8 N–H and O–H groups in total. The second kappa shape index (κ2) is 10.3. The topological polar surface area (TPSA) is 164 Å². The molecule has 152 valence electrons. The van der Waals surface area contributed by atoms with Gasteiger partial charge in [0.1, 0.15) is 37.8 Å². The molecule has 4 unspecified atom stereocenters. The Labute approximate surface area is 158 Å². The molecule has 0 radical (unpaired) electrons. The lowest BCUT2D eigenvalue weighted by atomic mass is 10.1. The van der Waals surface area contributed by atoms with Gasteiger partial charge >= 0.3 is 5.97 Å². The lowest BCUT2D eigenvalue weighted by molar-refractivity contribution is -0.154. The standard InChI is InChI=1S/C14H28N6O5.ClH/c1-7(2)9(15)13(23)24-4-8(3-21)25-6-20-5-17-10-11(20)18-14(16)19-12(10)22;/h7-11,14,17-18,21H,3-6,15-16H2,1-2H3,(H,19,22);1H/t8?,9-,10?,11?,14?;/m1./s1. The Morgan fingerprint density at radius 2 is 2.15 bits per heavy atom. The number of hydrogen-bond donors (Lipinski definition) is 6. The summed E-state index contributed by atoms with van der Waals surface area (Å²) in [7, 11) is 0. The van der Waals surface area contributed by atoms with Gasteiger partial charge in [-0.25, -0.2) is 0 Å². The van der Waals surface area contributed by atoms with Crippen molar-refractivity contribution >= 4 is 24.3 Å². The Hall–Kier alpha value is -1.05. The highest BCUT2D eigenvalue weighted by Crippen LogP contribution is 2.13. The molecule has 0 aromatic rings. The van der Waals surface area contributed by atoms with Crippen LogP contribution in [0.2, 0.25) is 0 Å². The molecule has 0 bridgehead atoms. The van der Waals surface area contributed by atoms with Crippen LogP contribution in [0.15, 0.2) is 0 Å². The Morgan fingerprint density at radius 1 is 1.46 bits per heavy atom. The summed E-state index contributed by atoms with van der Waals surface area (Å²) in [5.41, 5.74) is 11.4. The van der Waals surface area contributed by atoms with Crippen molar-refractivity contribution in [3.8, 4) is 0 Å². The predicted molar refractivity (Wildman–Crippen MR) is 94.5 cm³/mol. The maximum absolute atomic E-state index is 11.9. The van der Waals surface area contributed by atoms with Gasteiger partial charge in [-0.05, 0) is 5.92 Å². The lowest BCUT2D eigenvalue weighted by Gasteiger charge is -2.35. The fourth-order valence-electron chi connectivity index (χ4n) is 2.57. The number of amides is 1. The van der Waals surface area contributed by atoms with Crippen molar-refractivity contribution in [2.75, 3.05) is 26.6 Å². The molecule has 0 aliphatic carbocycles. The SMILES string of the molecule is CC(C)[C@@H](N)C(=O)OCC(CO)OCN1CNC2C(=O)NC(N)NC21.Cl. The largest absolute Gasteiger partial charge is 0.462 e. The zero-order valence-electron chi connectivity index (χ0n) is 14.9. The van der Waals surface area contributed by atoms with Crippen molar-refractivity contribution in [1.29, 1.82) is 0 Å². The second-order valence-electron chi connectivity index (χ2n) is 6.53. The van der Waals surface area contributed by atoms with Gasteiger partial charge in [0.15, 0.2) is 0 Å². The molecule has 2 aliphatic rings. The minimum atomic E-state index is -0.714. The maximum Gasteiger partial charge on any atom is 0.323 e. The van der Waals surface area contributed by atoms with Crippen LogP contribution in [0, 0.1) is 5.92 Å². The smallest absolute Gasteiger partial charge is 0.323 e. The molecule has 2 rings (SSSR count). The summed E-state index contributed by atoms with van der Waals surface area (Å²) in [6, 6.07) is -1.15. The van der Waals surface area contributed by atoms with E-state index in [0.29, 0.717) is 6.67 Å². The number of hydrogen-bond acceptors (Lipinski definition) is 10. The molecule has 0 saturated carbocycles. The van der Waals surface area contributed by atoms with E-state index in [1.807, 2.05) is 18.7 Å². The Morgan fingerprint density at radius 3 is 2.77 bits per heavy atom. The van der Waals surface area contributed by atoms with Crippen LogP contribution < -0.4 is 27.4 Å². The van der Waals surface area contributed by atoms with Crippen LogP contribution >= 0.6 is 12.4 Å². The van der Waals surface area contributed by atoms with Crippen molar-refractivity contribution in [2.24, 2.45) is 17.4 Å². The van der Waals surface area contributed by atoms with Crippen LogP contribution in [0.1, 0.15) is 13.8 Å². The van der Waals surface area contributed by atoms with E-state index >= 15 is 0 Å². The normalized spacial score (nSPS) is 28.1. The summed E-state index contributed by atoms with van der Waals surface area (Å²) in [5, 5.41) is 18.1. The summed E-state index contributed by atoms with van der Waals surface area (Å²) < 4.78 is 10.7. The fourth-order valence-corrected chi connectivity index (χ4v) is 2.57. The van der Waals surface area contributed by atoms with Gasteiger partial charge in [0.05, 0.1) is 19.4 Å². The third-order valence-electron chi connectivity index (χ3n) is 4.24. The molecular formula is C14H29ClN6O5. The van der Waals surface area contributed by atoms with E-state index in [4.69, 9.17) is 20.9 Å². The van der Waals surface area contributed by atoms with Gasteiger partial charge in [0, 0.05) is 0 Å². The van der Waals surface area contributed by atoms with Gasteiger partial charge in [0.2, 0.25) is 5.91 Å².